The number of rotatable bonds is 5. The predicted molar refractivity (Wildman–Crippen MR) is 92.9 cm³/mol. The van der Waals surface area contributed by atoms with Gasteiger partial charge in [0.15, 0.2) is 0 Å². The maximum absolute atomic E-state index is 12.9. The summed E-state index contributed by atoms with van der Waals surface area (Å²) in [5.74, 6) is -0.792. The highest BCUT2D eigenvalue weighted by Gasteiger charge is 2.36. The summed E-state index contributed by atoms with van der Waals surface area (Å²) in [6, 6.07) is 15.8. The van der Waals surface area contributed by atoms with Crippen molar-refractivity contribution in [3.63, 3.8) is 0 Å². The van der Waals surface area contributed by atoms with Gasteiger partial charge < -0.3 is 10.2 Å². The van der Waals surface area contributed by atoms with Gasteiger partial charge in [0.1, 0.15) is 5.82 Å². The van der Waals surface area contributed by atoms with E-state index >= 15 is 0 Å². The fraction of sp³-hybridized carbons (Fsp3) is 0.300. The topological polar surface area (TPSA) is 49.4 Å². The first-order valence-corrected chi connectivity index (χ1v) is 8.41. The van der Waals surface area contributed by atoms with Gasteiger partial charge >= 0.3 is 0 Å². The molecule has 2 unspecified atom stereocenters. The van der Waals surface area contributed by atoms with E-state index in [9.17, 15) is 14.0 Å². The molecule has 1 saturated heterocycles. The fourth-order valence-corrected chi connectivity index (χ4v) is 3.13. The Morgan fingerprint density at radius 1 is 1.20 bits per heavy atom. The van der Waals surface area contributed by atoms with Crippen LogP contribution in [0.25, 0.3) is 0 Å². The molecule has 2 aromatic carbocycles. The highest BCUT2D eigenvalue weighted by Crippen LogP contribution is 2.28. The Hall–Kier alpha value is -2.69. The van der Waals surface area contributed by atoms with E-state index in [4.69, 9.17) is 0 Å². The maximum Gasteiger partial charge on any atom is 0.225 e. The van der Waals surface area contributed by atoms with Crippen molar-refractivity contribution < 1.29 is 14.0 Å². The van der Waals surface area contributed by atoms with Gasteiger partial charge in [-0.15, -0.1) is 0 Å². The largest absolute Gasteiger partial charge is 0.352 e. The molecule has 4 nitrogen and oxygen atoms in total. The zero-order valence-electron chi connectivity index (χ0n) is 14.1. The van der Waals surface area contributed by atoms with E-state index in [-0.39, 0.29) is 36.0 Å². The van der Waals surface area contributed by atoms with Gasteiger partial charge in [0.05, 0.1) is 12.0 Å². The second-order valence-corrected chi connectivity index (χ2v) is 6.38. The summed E-state index contributed by atoms with van der Waals surface area (Å²) in [7, 11) is 0. The Morgan fingerprint density at radius 2 is 1.88 bits per heavy atom. The van der Waals surface area contributed by atoms with E-state index in [1.54, 1.807) is 17.0 Å². The maximum atomic E-state index is 12.9. The molecular formula is C20H21FN2O2. The number of amides is 2. The molecule has 2 atom stereocenters. The van der Waals surface area contributed by atoms with Crippen molar-refractivity contribution in [3.05, 3.63) is 71.5 Å². The molecule has 2 aromatic rings. The van der Waals surface area contributed by atoms with E-state index in [0.29, 0.717) is 13.1 Å². The first kappa shape index (κ1) is 17.1. The molecule has 0 bridgehead atoms. The molecule has 1 aliphatic heterocycles. The number of carbonyl (C=O) groups excluding carboxylic acids is 2. The van der Waals surface area contributed by atoms with E-state index in [1.165, 1.54) is 12.1 Å². The minimum Gasteiger partial charge on any atom is -0.352 e. The summed E-state index contributed by atoms with van der Waals surface area (Å²) < 4.78 is 12.9. The second-order valence-electron chi connectivity index (χ2n) is 6.38. The third-order valence-corrected chi connectivity index (χ3v) is 4.66. The molecule has 1 aliphatic rings. The number of hydrogen-bond acceptors (Lipinski definition) is 2. The number of halogens is 1. The molecule has 25 heavy (non-hydrogen) atoms. The summed E-state index contributed by atoms with van der Waals surface area (Å²) >= 11 is 0. The van der Waals surface area contributed by atoms with E-state index in [2.05, 4.69) is 5.32 Å². The molecule has 5 heteroatoms. The number of benzene rings is 2. The number of carbonyl (C=O) groups is 2. The first-order chi connectivity index (χ1) is 12.0. The lowest BCUT2D eigenvalue weighted by molar-refractivity contribution is -0.130. The van der Waals surface area contributed by atoms with Crippen LogP contribution in [-0.2, 0) is 16.1 Å². The quantitative estimate of drug-likeness (QED) is 0.909. The van der Waals surface area contributed by atoms with Crippen LogP contribution in [0.2, 0.25) is 0 Å². The first-order valence-electron chi connectivity index (χ1n) is 8.41. The van der Waals surface area contributed by atoms with Gasteiger partial charge in [-0.3, -0.25) is 9.59 Å². The summed E-state index contributed by atoms with van der Waals surface area (Å²) in [6.45, 7) is 2.73. The Labute approximate surface area is 146 Å². The molecule has 1 heterocycles. The van der Waals surface area contributed by atoms with Gasteiger partial charge in [0.2, 0.25) is 11.8 Å². The van der Waals surface area contributed by atoms with Crippen LogP contribution in [-0.4, -0.2) is 23.3 Å². The summed E-state index contributed by atoms with van der Waals surface area (Å²) in [6.07, 6.45) is 0.229. The van der Waals surface area contributed by atoms with Crippen LogP contribution in [0, 0.1) is 11.7 Å². The van der Waals surface area contributed by atoms with Crippen molar-refractivity contribution in [2.75, 3.05) is 6.54 Å². The predicted octanol–water partition coefficient (Wildman–Crippen LogP) is 3.05. The molecule has 2 amide bonds. The number of hydrogen-bond donors (Lipinski definition) is 1. The average molecular weight is 340 g/mol. The lowest BCUT2D eigenvalue weighted by Crippen LogP contribution is -2.33. The Morgan fingerprint density at radius 3 is 2.56 bits per heavy atom. The molecule has 1 N–H and O–H groups in total. The molecule has 0 spiro atoms. The van der Waals surface area contributed by atoms with Crippen molar-refractivity contribution in [1.29, 1.82) is 0 Å². The average Bonchev–Trinajstić information content (AvgIpc) is 3.03. The number of nitrogens with one attached hydrogen (secondary N) is 1. The van der Waals surface area contributed by atoms with Crippen molar-refractivity contribution in [2.45, 2.75) is 25.9 Å². The van der Waals surface area contributed by atoms with Crippen LogP contribution in [0.4, 0.5) is 4.39 Å². The number of likely N-dealkylation sites (tertiary alicyclic amines) is 1. The monoisotopic (exact) mass is 340 g/mol. The van der Waals surface area contributed by atoms with Crippen LogP contribution < -0.4 is 5.32 Å². The molecule has 0 radical (unpaired) electrons. The van der Waals surface area contributed by atoms with Crippen LogP contribution in [0.5, 0.6) is 0 Å². The molecule has 1 fully saturated rings. The number of nitrogens with zero attached hydrogens (tertiary/aromatic N) is 1. The molecule has 130 valence electrons. The van der Waals surface area contributed by atoms with Gasteiger partial charge in [-0.05, 0) is 30.2 Å². The smallest absolute Gasteiger partial charge is 0.225 e. The van der Waals surface area contributed by atoms with Crippen LogP contribution in [0.1, 0.15) is 30.5 Å². The van der Waals surface area contributed by atoms with Gasteiger partial charge in [0.25, 0.3) is 0 Å². The van der Waals surface area contributed by atoms with Crippen LogP contribution in [0.3, 0.4) is 0 Å². The molecular weight excluding hydrogens is 319 g/mol. The Bertz CT molecular complexity index is 746. The molecule has 0 aliphatic carbocycles. The van der Waals surface area contributed by atoms with Crippen LogP contribution in [0.15, 0.2) is 54.6 Å². The normalized spacial score (nSPS) is 18.2. The van der Waals surface area contributed by atoms with E-state index < -0.39 is 0 Å². The second kappa shape index (κ2) is 7.47. The SMILES string of the molecule is CC(c1ccccc1)N1CC(C(=O)NCc2ccc(F)cc2)CC1=O. The summed E-state index contributed by atoms with van der Waals surface area (Å²) in [5, 5.41) is 2.84. The van der Waals surface area contributed by atoms with Gasteiger partial charge in [-0.2, -0.15) is 0 Å². The Balaban J connectivity index is 1.58. The van der Waals surface area contributed by atoms with Crippen molar-refractivity contribution >= 4 is 11.8 Å². The summed E-state index contributed by atoms with van der Waals surface area (Å²) in [4.78, 5) is 26.5. The van der Waals surface area contributed by atoms with E-state index in [1.807, 2.05) is 37.3 Å². The fourth-order valence-electron chi connectivity index (χ4n) is 3.13. The van der Waals surface area contributed by atoms with Gasteiger partial charge in [-0.1, -0.05) is 42.5 Å². The molecule has 0 aromatic heterocycles. The minimum absolute atomic E-state index is 0.00159. The standard InChI is InChI=1S/C20H21FN2O2/c1-14(16-5-3-2-4-6-16)23-13-17(11-19(23)24)20(25)22-12-15-7-9-18(21)10-8-15/h2-10,14,17H,11-13H2,1H3,(H,22,25). The van der Waals surface area contributed by atoms with Crippen LogP contribution >= 0.6 is 0 Å². The van der Waals surface area contributed by atoms with Crippen molar-refractivity contribution in [2.24, 2.45) is 5.92 Å². The van der Waals surface area contributed by atoms with Gasteiger partial charge in [-0.25, -0.2) is 4.39 Å². The third-order valence-electron chi connectivity index (χ3n) is 4.66. The van der Waals surface area contributed by atoms with Gasteiger partial charge in [0, 0.05) is 19.5 Å². The zero-order valence-corrected chi connectivity index (χ0v) is 14.1. The van der Waals surface area contributed by atoms with Crippen molar-refractivity contribution in [1.82, 2.24) is 10.2 Å². The highest BCUT2D eigenvalue weighted by molar-refractivity contribution is 5.89. The van der Waals surface area contributed by atoms with Crippen molar-refractivity contribution in [3.8, 4) is 0 Å². The zero-order chi connectivity index (χ0) is 17.8. The summed E-state index contributed by atoms with van der Waals surface area (Å²) in [5.41, 5.74) is 1.89. The minimum atomic E-state index is -0.348. The lowest BCUT2D eigenvalue weighted by atomic mass is 10.1. The molecule has 3 rings (SSSR count). The highest BCUT2D eigenvalue weighted by atomic mass is 19.1. The third kappa shape index (κ3) is 4.05. The van der Waals surface area contributed by atoms with E-state index in [0.717, 1.165) is 11.1 Å². The molecule has 0 saturated carbocycles. The Kier molecular flexibility index (Phi) is 5.12. The lowest BCUT2D eigenvalue weighted by Gasteiger charge is -2.25.